The maximum atomic E-state index is 13.6. The van der Waals surface area contributed by atoms with Crippen LogP contribution in [-0.4, -0.2) is 48.0 Å². The Labute approximate surface area is 169 Å². The smallest absolute Gasteiger partial charge is 0.237 e. The fourth-order valence-electron chi connectivity index (χ4n) is 7.09. The Bertz CT molecular complexity index is 690. The molecule has 1 saturated heterocycles. The van der Waals surface area contributed by atoms with Crippen molar-refractivity contribution in [3.8, 4) is 5.75 Å². The van der Waals surface area contributed by atoms with Crippen LogP contribution in [0, 0.1) is 17.8 Å². The monoisotopic (exact) mass is 382 g/mol. The summed E-state index contributed by atoms with van der Waals surface area (Å²) in [6.07, 6.45) is 10.4. The normalized spacial score (nSPS) is 34.0. The molecule has 4 bridgehead atoms. The molecule has 0 atom stereocenters. The van der Waals surface area contributed by atoms with E-state index in [1.807, 2.05) is 6.07 Å². The van der Waals surface area contributed by atoms with E-state index in [4.69, 9.17) is 4.74 Å². The zero-order valence-corrected chi connectivity index (χ0v) is 17.2. The highest BCUT2D eigenvalue weighted by Gasteiger charge is 2.54. The van der Waals surface area contributed by atoms with E-state index in [1.54, 1.807) is 7.11 Å². The van der Waals surface area contributed by atoms with Crippen LogP contribution < -0.4 is 4.74 Å². The second kappa shape index (κ2) is 7.37. The molecular weight excluding hydrogens is 348 g/mol. The third kappa shape index (κ3) is 3.45. The van der Waals surface area contributed by atoms with Gasteiger partial charge in [0.05, 0.1) is 13.7 Å². The minimum Gasteiger partial charge on any atom is -0.497 e. The molecule has 0 unspecified atom stereocenters. The Kier molecular flexibility index (Phi) is 4.86. The SMILES string of the molecule is COc1cccc(CN(C(=O)CN2CCCC2)C23CC4CC(CC(C4)C2)C3)c1. The molecule has 6 rings (SSSR count). The maximum absolute atomic E-state index is 13.6. The lowest BCUT2D eigenvalue weighted by molar-refractivity contribution is -0.153. The van der Waals surface area contributed by atoms with Crippen molar-refractivity contribution in [1.82, 2.24) is 9.80 Å². The number of hydrogen-bond acceptors (Lipinski definition) is 3. The molecule has 1 aromatic carbocycles. The van der Waals surface area contributed by atoms with Crippen LogP contribution in [0.25, 0.3) is 0 Å². The molecule has 4 nitrogen and oxygen atoms in total. The Balaban J connectivity index is 1.43. The molecule has 4 heteroatoms. The summed E-state index contributed by atoms with van der Waals surface area (Å²) in [4.78, 5) is 18.3. The van der Waals surface area contributed by atoms with Gasteiger partial charge in [-0.05, 0) is 99.9 Å². The third-order valence-corrected chi connectivity index (χ3v) is 7.91. The Morgan fingerprint density at radius 1 is 1.11 bits per heavy atom. The molecule has 1 aliphatic heterocycles. The van der Waals surface area contributed by atoms with Crippen molar-refractivity contribution in [2.24, 2.45) is 17.8 Å². The Morgan fingerprint density at radius 2 is 1.75 bits per heavy atom. The van der Waals surface area contributed by atoms with E-state index in [9.17, 15) is 4.79 Å². The van der Waals surface area contributed by atoms with Crippen molar-refractivity contribution < 1.29 is 9.53 Å². The van der Waals surface area contributed by atoms with Gasteiger partial charge < -0.3 is 9.64 Å². The summed E-state index contributed by atoms with van der Waals surface area (Å²) in [7, 11) is 1.72. The average molecular weight is 383 g/mol. The number of rotatable bonds is 6. The molecule has 0 radical (unpaired) electrons. The van der Waals surface area contributed by atoms with E-state index in [0.29, 0.717) is 12.5 Å². The first-order valence-electron chi connectivity index (χ1n) is 11.3. The second-order valence-electron chi connectivity index (χ2n) is 9.96. The molecule has 4 aliphatic carbocycles. The topological polar surface area (TPSA) is 32.8 Å². The van der Waals surface area contributed by atoms with Crippen molar-refractivity contribution in [3.63, 3.8) is 0 Å². The van der Waals surface area contributed by atoms with Crippen molar-refractivity contribution in [2.45, 2.75) is 63.5 Å². The number of nitrogens with zero attached hydrogens (tertiary/aromatic N) is 2. The van der Waals surface area contributed by atoms with Gasteiger partial charge in [0.15, 0.2) is 0 Å². The Hall–Kier alpha value is -1.55. The van der Waals surface area contributed by atoms with Gasteiger partial charge in [0.2, 0.25) is 5.91 Å². The van der Waals surface area contributed by atoms with Crippen molar-refractivity contribution >= 4 is 5.91 Å². The van der Waals surface area contributed by atoms with Crippen LogP contribution in [0.2, 0.25) is 0 Å². The van der Waals surface area contributed by atoms with Gasteiger partial charge in [-0.1, -0.05) is 12.1 Å². The minimum atomic E-state index is 0.106. The highest BCUT2D eigenvalue weighted by molar-refractivity contribution is 5.79. The van der Waals surface area contributed by atoms with Gasteiger partial charge in [-0.3, -0.25) is 9.69 Å². The number of amides is 1. The van der Waals surface area contributed by atoms with Crippen molar-refractivity contribution in [2.75, 3.05) is 26.7 Å². The molecule has 1 aromatic rings. The predicted molar refractivity (Wildman–Crippen MR) is 110 cm³/mol. The molecule has 5 fully saturated rings. The molecule has 0 N–H and O–H groups in total. The molecule has 1 amide bonds. The molecule has 152 valence electrons. The standard InChI is InChI=1S/C24H34N2O2/c1-28-22-6-4-5-18(12-22)16-26(23(27)17-25-7-2-3-8-25)24-13-19-9-20(14-24)11-21(10-19)15-24/h4-6,12,19-21H,2-3,7-11,13-17H2,1H3. The number of benzene rings is 1. The van der Waals surface area contributed by atoms with Crippen LogP contribution in [0.15, 0.2) is 24.3 Å². The van der Waals surface area contributed by atoms with E-state index in [1.165, 1.54) is 56.9 Å². The number of ether oxygens (including phenoxy) is 1. The van der Waals surface area contributed by atoms with E-state index < -0.39 is 0 Å². The zero-order valence-electron chi connectivity index (χ0n) is 17.2. The zero-order chi connectivity index (χ0) is 19.1. The molecule has 0 aromatic heterocycles. The first-order chi connectivity index (χ1) is 13.6. The van der Waals surface area contributed by atoms with E-state index >= 15 is 0 Å². The second-order valence-corrected chi connectivity index (χ2v) is 9.96. The Morgan fingerprint density at radius 3 is 2.36 bits per heavy atom. The summed E-state index contributed by atoms with van der Waals surface area (Å²) >= 11 is 0. The predicted octanol–water partition coefficient (Wildman–Crippen LogP) is 4.09. The molecular formula is C24H34N2O2. The third-order valence-electron chi connectivity index (χ3n) is 7.91. The number of carbonyl (C=O) groups is 1. The van der Waals surface area contributed by atoms with E-state index in [2.05, 4.69) is 28.0 Å². The molecule has 4 saturated carbocycles. The van der Waals surface area contributed by atoms with Gasteiger partial charge in [-0.2, -0.15) is 0 Å². The van der Waals surface area contributed by atoms with Crippen LogP contribution in [0.4, 0.5) is 0 Å². The summed E-state index contributed by atoms with van der Waals surface area (Å²) in [5, 5.41) is 0. The largest absolute Gasteiger partial charge is 0.497 e. The van der Waals surface area contributed by atoms with Crippen molar-refractivity contribution in [3.05, 3.63) is 29.8 Å². The van der Waals surface area contributed by atoms with Crippen LogP contribution in [0.5, 0.6) is 5.75 Å². The first-order valence-corrected chi connectivity index (χ1v) is 11.3. The number of carbonyl (C=O) groups excluding carboxylic acids is 1. The van der Waals surface area contributed by atoms with Gasteiger partial charge in [-0.25, -0.2) is 0 Å². The fraction of sp³-hybridized carbons (Fsp3) is 0.708. The average Bonchev–Trinajstić information content (AvgIpc) is 3.18. The van der Waals surface area contributed by atoms with Gasteiger partial charge in [-0.15, -0.1) is 0 Å². The number of hydrogen-bond donors (Lipinski definition) is 0. The van der Waals surface area contributed by atoms with Crippen molar-refractivity contribution in [1.29, 1.82) is 0 Å². The van der Waals surface area contributed by atoms with Crippen LogP contribution >= 0.6 is 0 Å². The maximum Gasteiger partial charge on any atom is 0.237 e. The molecule has 28 heavy (non-hydrogen) atoms. The summed E-state index contributed by atoms with van der Waals surface area (Å²) < 4.78 is 5.44. The minimum absolute atomic E-state index is 0.106. The summed E-state index contributed by atoms with van der Waals surface area (Å²) in [5.41, 5.74) is 1.30. The van der Waals surface area contributed by atoms with Crippen LogP contribution in [0.3, 0.4) is 0 Å². The molecule has 1 heterocycles. The van der Waals surface area contributed by atoms with E-state index in [0.717, 1.165) is 43.1 Å². The summed E-state index contributed by atoms with van der Waals surface area (Å²) in [5.74, 6) is 3.78. The van der Waals surface area contributed by atoms with Gasteiger partial charge in [0.1, 0.15) is 5.75 Å². The lowest BCUT2D eigenvalue weighted by Crippen LogP contribution is -2.62. The van der Waals surface area contributed by atoms with Gasteiger partial charge in [0.25, 0.3) is 0 Å². The summed E-state index contributed by atoms with van der Waals surface area (Å²) in [6.45, 7) is 3.50. The number of methoxy groups -OCH3 is 1. The number of likely N-dealkylation sites (tertiary alicyclic amines) is 1. The lowest BCUT2D eigenvalue weighted by atomic mass is 9.52. The van der Waals surface area contributed by atoms with Crippen LogP contribution in [0.1, 0.15) is 56.9 Å². The molecule has 0 spiro atoms. The fourth-order valence-corrected chi connectivity index (χ4v) is 7.09. The quantitative estimate of drug-likeness (QED) is 0.743. The first kappa shape index (κ1) is 18.5. The van der Waals surface area contributed by atoms with Gasteiger partial charge in [0, 0.05) is 12.1 Å². The summed E-state index contributed by atoms with van der Waals surface area (Å²) in [6, 6.07) is 8.30. The van der Waals surface area contributed by atoms with Crippen LogP contribution in [-0.2, 0) is 11.3 Å². The van der Waals surface area contributed by atoms with E-state index in [-0.39, 0.29) is 5.54 Å². The van der Waals surface area contributed by atoms with Gasteiger partial charge >= 0.3 is 0 Å². The highest BCUT2D eigenvalue weighted by Crippen LogP contribution is 2.58. The highest BCUT2D eigenvalue weighted by atomic mass is 16.5. The molecule has 5 aliphatic rings. The lowest BCUT2D eigenvalue weighted by Gasteiger charge is -2.60.